The lowest BCUT2D eigenvalue weighted by Crippen LogP contribution is -2.31. The number of hydrogen-bond donors (Lipinski definition) is 2. The van der Waals surface area contributed by atoms with Gasteiger partial charge in [0.15, 0.2) is 0 Å². The molecule has 106 valence electrons. The van der Waals surface area contributed by atoms with Crippen LogP contribution in [0, 0.1) is 6.92 Å². The van der Waals surface area contributed by atoms with Crippen molar-refractivity contribution in [3.05, 3.63) is 28.2 Å². The van der Waals surface area contributed by atoms with Gasteiger partial charge in [0.2, 0.25) is 5.91 Å². The van der Waals surface area contributed by atoms with Crippen molar-refractivity contribution in [1.29, 1.82) is 0 Å². The van der Waals surface area contributed by atoms with E-state index in [2.05, 4.69) is 21.2 Å². The summed E-state index contributed by atoms with van der Waals surface area (Å²) in [5.74, 6) is -0.0167. The summed E-state index contributed by atoms with van der Waals surface area (Å²) in [4.78, 5) is 13.8. The second-order valence-corrected chi connectivity index (χ2v) is 5.59. The molecule has 5 heteroatoms. The van der Waals surface area contributed by atoms with Crippen molar-refractivity contribution in [1.82, 2.24) is 4.90 Å². The Bertz CT molecular complexity index is 424. The van der Waals surface area contributed by atoms with Gasteiger partial charge in [-0.15, -0.1) is 0 Å². The van der Waals surface area contributed by atoms with Gasteiger partial charge in [0, 0.05) is 16.8 Å². The molecule has 0 unspecified atom stereocenters. The fourth-order valence-electron chi connectivity index (χ4n) is 1.77. The molecule has 1 rings (SSSR count). The smallest absolute Gasteiger partial charge is 0.238 e. The Balaban J connectivity index is 2.42. The first-order valence-corrected chi connectivity index (χ1v) is 7.17. The number of carbonyl (C=O) groups is 1. The highest BCUT2D eigenvalue weighted by Gasteiger charge is 2.08. The predicted molar refractivity (Wildman–Crippen MR) is 81.3 cm³/mol. The second-order valence-electron chi connectivity index (χ2n) is 4.68. The Hall–Kier alpha value is -0.910. The average molecular weight is 329 g/mol. The van der Waals surface area contributed by atoms with Crippen LogP contribution >= 0.6 is 15.9 Å². The lowest BCUT2D eigenvalue weighted by molar-refractivity contribution is -0.117. The number of nitrogens with zero attached hydrogens (tertiary/aromatic N) is 1. The molecule has 0 heterocycles. The molecule has 0 saturated carbocycles. The molecule has 4 nitrogen and oxygen atoms in total. The van der Waals surface area contributed by atoms with Crippen molar-refractivity contribution >= 4 is 27.5 Å². The molecule has 1 aromatic rings. The molecule has 19 heavy (non-hydrogen) atoms. The number of amides is 1. The maximum absolute atomic E-state index is 11.9. The first-order valence-electron chi connectivity index (χ1n) is 6.38. The minimum Gasteiger partial charge on any atom is -0.396 e. The average Bonchev–Trinajstić information content (AvgIpc) is 2.33. The monoisotopic (exact) mass is 328 g/mol. The highest BCUT2D eigenvalue weighted by molar-refractivity contribution is 9.10. The van der Waals surface area contributed by atoms with Crippen molar-refractivity contribution in [2.75, 3.05) is 32.1 Å². The summed E-state index contributed by atoms with van der Waals surface area (Å²) in [7, 11) is 1.91. The first-order chi connectivity index (χ1) is 9.02. The molecule has 0 aliphatic heterocycles. The number of rotatable bonds is 7. The number of aliphatic hydroxyl groups excluding tert-OH is 1. The summed E-state index contributed by atoms with van der Waals surface area (Å²) in [6.07, 6.45) is 1.68. The molecule has 0 aromatic heterocycles. The topological polar surface area (TPSA) is 52.6 Å². The van der Waals surface area contributed by atoms with E-state index in [4.69, 9.17) is 5.11 Å². The molecule has 0 spiro atoms. The molecule has 2 N–H and O–H groups in total. The molecule has 1 amide bonds. The summed E-state index contributed by atoms with van der Waals surface area (Å²) in [5.41, 5.74) is 1.88. The highest BCUT2D eigenvalue weighted by Crippen LogP contribution is 2.19. The Morgan fingerprint density at radius 1 is 1.42 bits per heavy atom. The van der Waals surface area contributed by atoms with Crippen LogP contribution in [-0.4, -0.2) is 42.7 Å². The molecular formula is C14H21BrN2O2. The lowest BCUT2D eigenvalue weighted by Gasteiger charge is -2.16. The summed E-state index contributed by atoms with van der Waals surface area (Å²) in [6, 6.07) is 5.78. The Labute approximate surface area is 122 Å². The van der Waals surface area contributed by atoms with Crippen LogP contribution in [0.5, 0.6) is 0 Å². The van der Waals surface area contributed by atoms with E-state index in [0.717, 1.165) is 35.1 Å². The Morgan fingerprint density at radius 3 is 2.79 bits per heavy atom. The molecule has 0 fully saturated rings. The van der Waals surface area contributed by atoms with E-state index in [-0.39, 0.29) is 12.5 Å². The molecule has 0 atom stereocenters. The van der Waals surface area contributed by atoms with E-state index < -0.39 is 0 Å². The van der Waals surface area contributed by atoms with Crippen LogP contribution in [-0.2, 0) is 4.79 Å². The van der Waals surface area contributed by atoms with Gasteiger partial charge in [0.1, 0.15) is 0 Å². The van der Waals surface area contributed by atoms with E-state index >= 15 is 0 Å². The fourth-order valence-corrected chi connectivity index (χ4v) is 2.25. The quantitative estimate of drug-likeness (QED) is 0.756. The molecule has 0 bridgehead atoms. The van der Waals surface area contributed by atoms with Crippen molar-refractivity contribution in [3.8, 4) is 0 Å². The minimum atomic E-state index is -0.0167. The van der Waals surface area contributed by atoms with E-state index in [1.54, 1.807) is 0 Å². The predicted octanol–water partition coefficient (Wildman–Crippen LogP) is 2.40. The summed E-state index contributed by atoms with van der Waals surface area (Å²) >= 11 is 3.40. The second kappa shape index (κ2) is 8.30. The van der Waals surface area contributed by atoms with E-state index in [1.807, 2.05) is 37.1 Å². The van der Waals surface area contributed by atoms with Crippen LogP contribution in [0.2, 0.25) is 0 Å². The maximum Gasteiger partial charge on any atom is 0.238 e. The third kappa shape index (κ3) is 6.18. The van der Waals surface area contributed by atoms with E-state index in [9.17, 15) is 4.79 Å². The normalized spacial score (nSPS) is 10.8. The SMILES string of the molecule is Cc1cc(Br)ccc1NC(=O)CN(C)CCCCO. The van der Waals surface area contributed by atoms with Crippen molar-refractivity contribution in [2.45, 2.75) is 19.8 Å². The Kier molecular flexibility index (Phi) is 7.05. The van der Waals surface area contributed by atoms with Gasteiger partial charge in [-0.2, -0.15) is 0 Å². The van der Waals surface area contributed by atoms with Gasteiger partial charge in [-0.05, 0) is 57.1 Å². The zero-order chi connectivity index (χ0) is 14.3. The van der Waals surface area contributed by atoms with Gasteiger partial charge in [-0.25, -0.2) is 0 Å². The number of nitrogens with one attached hydrogen (secondary N) is 1. The van der Waals surface area contributed by atoms with Crippen molar-refractivity contribution < 1.29 is 9.90 Å². The standard InChI is InChI=1S/C14H21BrN2O2/c1-11-9-12(15)5-6-13(11)16-14(19)10-17(2)7-3-4-8-18/h5-6,9,18H,3-4,7-8,10H2,1-2H3,(H,16,19). The third-order valence-electron chi connectivity index (χ3n) is 2.82. The van der Waals surface area contributed by atoms with Crippen LogP contribution in [0.15, 0.2) is 22.7 Å². The van der Waals surface area contributed by atoms with Crippen LogP contribution in [0.4, 0.5) is 5.69 Å². The zero-order valence-electron chi connectivity index (χ0n) is 11.4. The zero-order valence-corrected chi connectivity index (χ0v) is 13.0. The minimum absolute atomic E-state index is 0.0167. The number of carbonyl (C=O) groups excluding carboxylic acids is 1. The molecule has 0 aliphatic rings. The number of aryl methyl sites for hydroxylation is 1. The number of unbranched alkanes of at least 4 members (excludes halogenated alkanes) is 1. The molecule has 0 saturated heterocycles. The molecule has 0 radical (unpaired) electrons. The fraction of sp³-hybridized carbons (Fsp3) is 0.500. The van der Waals surface area contributed by atoms with Crippen LogP contribution in [0.25, 0.3) is 0 Å². The van der Waals surface area contributed by atoms with E-state index in [0.29, 0.717) is 6.54 Å². The molecule has 0 aliphatic carbocycles. The van der Waals surface area contributed by atoms with Crippen LogP contribution < -0.4 is 5.32 Å². The van der Waals surface area contributed by atoms with Crippen LogP contribution in [0.3, 0.4) is 0 Å². The lowest BCUT2D eigenvalue weighted by atomic mass is 10.2. The van der Waals surface area contributed by atoms with Crippen LogP contribution in [0.1, 0.15) is 18.4 Å². The maximum atomic E-state index is 11.9. The van der Waals surface area contributed by atoms with Gasteiger partial charge in [0.05, 0.1) is 6.54 Å². The summed E-state index contributed by atoms with van der Waals surface area (Å²) in [6.45, 7) is 3.34. The van der Waals surface area contributed by atoms with Crippen molar-refractivity contribution in [2.24, 2.45) is 0 Å². The number of likely N-dealkylation sites (N-methyl/N-ethyl adjacent to an activating group) is 1. The van der Waals surface area contributed by atoms with Gasteiger partial charge >= 0.3 is 0 Å². The molecule has 1 aromatic carbocycles. The number of anilines is 1. The molecular weight excluding hydrogens is 308 g/mol. The number of halogens is 1. The summed E-state index contributed by atoms with van der Waals surface area (Å²) < 4.78 is 1.00. The van der Waals surface area contributed by atoms with Gasteiger partial charge in [-0.3, -0.25) is 9.69 Å². The van der Waals surface area contributed by atoms with E-state index in [1.165, 1.54) is 0 Å². The third-order valence-corrected chi connectivity index (χ3v) is 3.32. The Morgan fingerprint density at radius 2 is 2.16 bits per heavy atom. The summed E-state index contributed by atoms with van der Waals surface area (Å²) in [5, 5.41) is 11.6. The first kappa shape index (κ1) is 16.1. The van der Waals surface area contributed by atoms with Crippen molar-refractivity contribution in [3.63, 3.8) is 0 Å². The van der Waals surface area contributed by atoms with Gasteiger partial charge in [0.25, 0.3) is 0 Å². The highest BCUT2D eigenvalue weighted by atomic mass is 79.9. The number of hydrogen-bond acceptors (Lipinski definition) is 3. The van der Waals surface area contributed by atoms with Gasteiger partial charge < -0.3 is 10.4 Å². The van der Waals surface area contributed by atoms with Gasteiger partial charge in [-0.1, -0.05) is 15.9 Å². The number of benzene rings is 1. The largest absolute Gasteiger partial charge is 0.396 e. The number of aliphatic hydroxyl groups is 1.